The van der Waals surface area contributed by atoms with Crippen LogP contribution in [0.1, 0.15) is 17.7 Å². The molecule has 1 rings (SSSR count). The summed E-state index contributed by atoms with van der Waals surface area (Å²) < 4.78 is 0. The van der Waals surface area contributed by atoms with Gasteiger partial charge in [0.2, 0.25) is 0 Å². The van der Waals surface area contributed by atoms with Crippen LogP contribution in [0.4, 0.5) is 0 Å². The minimum absolute atomic E-state index is 0.0572. The van der Waals surface area contributed by atoms with Crippen molar-refractivity contribution in [3.05, 3.63) is 35.9 Å². The maximum absolute atomic E-state index is 11.6. The molecule has 0 heterocycles. The zero-order valence-electron chi connectivity index (χ0n) is 9.22. The van der Waals surface area contributed by atoms with Gasteiger partial charge in [-0.15, -0.1) is 11.8 Å². The van der Waals surface area contributed by atoms with Crippen LogP contribution in [-0.4, -0.2) is 17.7 Å². The highest BCUT2D eigenvalue weighted by Crippen LogP contribution is 2.28. The summed E-state index contributed by atoms with van der Waals surface area (Å²) in [6.07, 6.45) is 0. The molecule has 1 aromatic carbocycles. The monoisotopic (exact) mass is 239 g/mol. The van der Waals surface area contributed by atoms with E-state index in [4.69, 9.17) is 11.6 Å². The van der Waals surface area contributed by atoms with Crippen LogP contribution in [0.25, 0.3) is 0 Å². The molecule has 5 heteroatoms. The van der Waals surface area contributed by atoms with E-state index in [2.05, 4.69) is 5.43 Å². The maximum atomic E-state index is 11.6. The largest absolute Gasteiger partial charge is 0.327 e. The minimum Gasteiger partial charge on any atom is -0.327 e. The molecule has 5 N–H and O–H groups in total. The van der Waals surface area contributed by atoms with Crippen LogP contribution in [0.5, 0.6) is 0 Å². The van der Waals surface area contributed by atoms with Crippen molar-refractivity contribution in [3.8, 4) is 0 Å². The SMILES string of the molecule is CC(N)CSC(C(=O)NN)c1ccccc1. The average molecular weight is 239 g/mol. The molecule has 16 heavy (non-hydrogen) atoms. The fourth-order valence-corrected chi connectivity index (χ4v) is 2.34. The first-order chi connectivity index (χ1) is 7.65. The van der Waals surface area contributed by atoms with Crippen molar-refractivity contribution in [2.24, 2.45) is 11.6 Å². The molecule has 0 aliphatic carbocycles. The summed E-state index contributed by atoms with van der Waals surface area (Å²) in [6.45, 7) is 1.91. The van der Waals surface area contributed by atoms with E-state index in [0.29, 0.717) is 5.75 Å². The van der Waals surface area contributed by atoms with Crippen LogP contribution in [0.15, 0.2) is 30.3 Å². The molecule has 0 aliphatic rings. The van der Waals surface area contributed by atoms with Crippen molar-refractivity contribution < 1.29 is 4.79 Å². The fraction of sp³-hybridized carbons (Fsp3) is 0.364. The molecule has 88 valence electrons. The zero-order valence-corrected chi connectivity index (χ0v) is 10.0. The van der Waals surface area contributed by atoms with E-state index in [-0.39, 0.29) is 17.2 Å². The second-order valence-corrected chi connectivity index (χ2v) is 4.75. The van der Waals surface area contributed by atoms with Crippen molar-refractivity contribution in [1.82, 2.24) is 5.43 Å². The molecule has 0 saturated carbocycles. The summed E-state index contributed by atoms with van der Waals surface area (Å²) in [7, 11) is 0. The van der Waals surface area contributed by atoms with Gasteiger partial charge in [0.1, 0.15) is 5.25 Å². The number of nitrogens with two attached hydrogens (primary N) is 2. The Labute approximate surface area is 99.7 Å². The van der Waals surface area contributed by atoms with Gasteiger partial charge in [-0.25, -0.2) is 5.84 Å². The van der Waals surface area contributed by atoms with E-state index in [9.17, 15) is 4.79 Å². The van der Waals surface area contributed by atoms with Crippen LogP contribution in [0, 0.1) is 0 Å². The van der Waals surface area contributed by atoms with Crippen LogP contribution >= 0.6 is 11.8 Å². The summed E-state index contributed by atoms with van der Waals surface area (Å²) >= 11 is 1.50. The Kier molecular flexibility index (Phi) is 5.31. The zero-order chi connectivity index (χ0) is 12.0. The molecule has 0 aliphatic heterocycles. The molecule has 0 fully saturated rings. The highest BCUT2D eigenvalue weighted by Gasteiger charge is 2.20. The molecule has 1 amide bonds. The summed E-state index contributed by atoms with van der Waals surface area (Å²) in [4.78, 5) is 11.6. The Morgan fingerprint density at radius 3 is 2.56 bits per heavy atom. The number of hydrazine groups is 1. The molecule has 0 radical (unpaired) electrons. The Bertz CT molecular complexity index is 329. The highest BCUT2D eigenvalue weighted by atomic mass is 32.2. The smallest absolute Gasteiger partial charge is 0.251 e. The van der Waals surface area contributed by atoms with E-state index < -0.39 is 0 Å². The van der Waals surface area contributed by atoms with Crippen molar-refractivity contribution in [2.75, 3.05) is 5.75 Å². The second-order valence-electron chi connectivity index (χ2n) is 3.61. The van der Waals surface area contributed by atoms with Gasteiger partial charge < -0.3 is 5.73 Å². The summed E-state index contributed by atoms with van der Waals surface area (Å²) in [5, 5.41) is -0.294. The van der Waals surface area contributed by atoms with Crippen LogP contribution in [0.2, 0.25) is 0 Å². The lowest BCUT2D eigenvalue weighted by Crippen LogP contribution is -2.34. The lowest BCUT2D eigenvalue weighted by Gasteiger charge is -2.16. The number of amides is 1. The first kappa shape index (κ1) is 13.0. The molecule has 1 aromatic rings. The first-order valence-electron chi connectivity index (χ1n) is 5.07. The van der Waals surface area contributed by atoms with Crippen molar-refractivity contribution in [2.45, 2.75) is 18.2 Å². The van der Waals surface area contributed by atoms with Gasteiger partial charge in [-0.3, -0.25) is 10.2 Å². The quantitative estimate of drug-likeness (QED) is 0.403. The number of hydrogen-bond acceptors (Lipinski definition) is 4. The van der Waals surface area contributed by atoms with Crippen LogP contribution < -0.4 is 17.0 Å². The Hall–Kier alpha value is -1.04. The van der Waals surface area contributed by atoms with Gasteiger partial charge >= 0.3 is 0 Å². The molecule has 2 unspecified atom stereocenters. The lowest BCUT2D eigenvalue weighted by molar-refractivity contribution is -0.120. The second kappa shape index (κ2) is 6.52. The van der Waals surface area contributed by atoms with E-state index in [1.54, 1.807) is 0 Å². The predicted octanol–water partition coefficient (Wildman–Crippen LogP) is 0.798. The highest BCUT2D eigenvalue weighted by molar-refractivity contribution is 8.00. The number of thioether (sulfide) groups is 1. The molecule has 4 nitrogen and oxygen atoms in total. The van der Waals surface area contributed by atoms with Gasteiger partial charge in [0.25, 0.3) is 5.91 Å². The van der Waals surface area contributed by atoms with Crippen molar-refractivity contribution >= 4 is 17.7 Å². The number of benzene rings is 1. The van der Waals surface area contributed by atoms with Crippen LogP contribution in [-0.2, 0) is 4.79 Å². The average Bonchev–Trinajstić information content (AvgIpc) is 2.30. The summed E-state index contributed by atoms with van der Waals surface area (Å²) in [6, 6.07) is 9.60. The number of hydrogen-bond donors (Lipinski definition) is 3. The number of nitrogens with one attached hydrogen (secondary N) is 1. The van der Waals surface area contributed by atoms with E-state index in [1.165, 1.54) is 11.8 Å². The first-order valence-corrected chi connectivity index (χ1v) is 6.12. The minimum atomic E-state index is -0.294. The fourth-order valence-electron chi connectivity index (χ4n) is 1.27. The van der Waals surface area contributed by atoms with Gasteiger partial charge in [-0.2, -0.15) is 0 Å². The number of carbonyl (C=O) groups excluding carboxylic acids is 1. The molecular formula is C11H17N3OS. The number of rotatable bonds is 5. The van der Waals surface area contributed by atoms with E-state index in [0.717, 1.165) is 5.56 Å². The molecule has 0 saturated heterocycles. The van der Waals surface area contributed by atoms with E-state index in [1.807, 2.05) is 37.3 Å². The maximum Gasteiger partial charge on any atom is 0.251 e. The van der Waals surface area contributed by atoms with Gasteiger partial charge in [0, 0.05) is 11.8 Å². The summed E-state index contributed by atoms with van der Waals surface area (Å²) in [5.41, 5.74) is 8.80. The van der Waals surface area contributed by atoms with Gasteiger partial charge in [-0.1, -0.05) is 30.3 Å². The standard InChI is InChI=1S/C11H17N3OS/c1-8(12)7-16-10(11(15)14-13)9-5-3-2-4-6-9/h2-6,8,10H,7,12-13H2,1H3,(H,14,15). The molecule has 0 aromatic heterocycles. The molecule has 0 spiro atoms. The van der Waals surface area contributed by atoms with Crippen molar-refractivity contribution in [1.29, 1.82) is 0 Å². The van der Waals surface area contributed by atoms with E-state index >= 15 is 0 Å². The predicted molar refractivity (Wildman–Crippen MR) is 67.6 cm³/mol. The van der Waals surface area contributed by atoms with Crippen LogP contribution in [0.3, 0.4) is 0 Å². The third kappa shape index (κ3) is 3.84. The number of carbonyl (C=O) groups is 1. The normalized spacial score (nSPS) is 14.2. The van der Waals surface area contributed by atoms with Gasteiger partial charge in [0.05, 0.1) is 0 Å². The lowest BCUT2D eigenvalue weighted by atomic mass is 10.1. The topological polar surface area (TPSA) is 81.1 Å². The molecule has 2 atom stereocenters. The third-order valence-corrected chi connectivity index (χ3v) is 3.55. The third-order valence-electron chi connectivity index (χ3n) is 2.01. The molecular weight excluding hydrogens is 222 g/mol. The molecule has 0 bridgehead atoms. The van der Waals surface area contributed by atoms with Gasteiger partial charge in [-0.05, 0) is 12.5 Å². The van der Waals surface area contributed by atoms with Crippen molar-refractivity contribution in [3.63, 3.8) is 0 Å². The van der Waals surface area contributed by atoms with Gasteiger partial charge in [0.15, 0.2) is 0 Å². The summed E-state index contributed by atoms with van der Waals surface area (Å²) in [5.74, 6) is 5.69. The Balaban J connectivity index is 2.76. The Morgan fingerprint density at radius 2 is 2.06 bits per heavy atom. The Morgan fingerprint density at radius 1 is 1.44 bits per heavy atom.